The van der Waals surface area contributed by atoms with Crippen LogP contribution in [0.4, 0.5) is 23.0 Å². The van der Waals surface area contributed by atoms with Crippen molar-refractivity contribution in [2.75, 3.05) is 22.6 Å². The van der Waals surface area contributed by atoms with E-state index < -0.39 is 32.8 Å². The lowest BCUT2D eigenvalue weighted by Crippen LogP contribution is -2.35. The van der Waals surface area contributed by atoms with E-state index in [1.54, 1.807) is 6.20 Å². The fraction of sp³-hybridized carbons (Fsp3) is 0.452. The Morgan fingerprint density at radius 1 is 1.17 bits per heavy atom. The van der Waals surface area contributed by atoms with Crippen LogP contribution >= 0.6 is 12.0 Å². The first-order valence-corrected chi connectivity index (χ1v) is 17.5. The quantitative estimate of drug-likeness (QED) is 0.0249. The summed E-state index contributed by atoms with van der Waals surface area (Å²) in [6.45, 7) is 11.7. The van der Waals surface area contributed by atoms with Crippen molar-refractivity contribution in [1.29, 1.82) is 0 Å². The second-order valence-corrected chi connectivity index (χ2v) is 14.2. The molecule has 2 aromatic heterocycles. The van der Waals surface area contributed by atoms with Crippen LogP contribution in [0.2, 0.25) is 0 Å². The predicted molar refractivity (Wildman–Crippen MR) is 181 cm³/mol. The number of likely N-dealkylation sites (N-methyl/N-ethyl adjacent to an activating group) is 1. The van der Waals surface area contributed by atoms with Crippen LogP contribution in [-0.4, -0.2) is 58.0 Å². The smallest absolute Gasteiger partial charge is 0.327 e. The highest BCUT2D eigenvalue weighted by atomic mass is 32.2. The minimum Gasteiger partial charge on any atom is -0.481 e. The molecule has 0 saturated carbocycles. The van der Waals surface area contributed by atoms with Crippen molar-refractivity contribution in [2.45, 2.75) is 77.7 Å². The van der Waals surface area contributed by atoms with Gasteiger partial charge in [0.15, 0.2) is 5.71 Å². The molecule has 4 N–H and O–H groups in total. The third kappa shape index (κ3) is 8.63. The normalized spacial score (nSPS) is 17.5. The van der Waals surface area contributed by atoms with Crippen LogP contribution < -0.4 is 14.8 Å². The van der Waals surface area contributed by atoms with Gasteiger partial charge in [-0.1, -0.05) is 25.0 Å². The number of unbranched alkanes of at least 4 members (excludes halogenated alkanes) is 2. The molecule has 47 heavy (non-hydrogen) atoms. The topological polar surface area (TPSA) is 187 Å². The zero-order chi connectivity index (χ0) is 34.4. The Morgan fingerprint density at radius 2 is 1.94 bits per heavy atom. The number of nitrogens with zero attached hydrogens (tertiary/aromatic N) is 5. The van der Waals surface area contributed by atoms with Crippen molar-refractivity contribution in [2.24, 2.45) is 9.98 Å². The average Bonchev–Trinajstić information content (AvgIpc) is 3.38. The van der Waals surface area contributed by atoms with Gasteiger partial charge in [0.2, 0.25) is 0 Å². The molecule has 254 valence electrons. The van der Waals surface area contributed by atoms with Crippen molar-refractivity contribution in [3.63, 3.8) is 0 Å². The number of rotatable bonds is 16. The maximum Gasteiger partial charge on any atom is 0.327 e. The van der Waals surface area contributed by atoms with E-state index in [0.29, 0.717) is 30.9 Å². The molecular weight excluding hydrogens is 649 g/mol. The number of aromatic nitrogens is 2. The number of carbonyl (C=O) groups is 1. The molecule has 4 rings (SSSR count). The standard InChI is InChI=1S/C31H40N6O8S2/c1-6-37-26(31(4,5)23-15-21(17-32-28(23)37)34-20-47(41,42)43)12-10-11-25-30(2,3)24-16-22(33-19-46-45-44-40)18-36(29(24)35-25)14-9-7-8-13-27(38)39/h10-12,15-19,34H,6-9,13-14,20H2,1-5H3,(H2-,38,39,40,41,42,43)/p+1. The fourth-order valence-electron chi connectivity index (χ4n) is 5.78. The number of hydrogen-bond donors (Lipinski definition) is 4. The summed E-state index contributed by atoms with van der Waals surface area (Å²) in [4.78, 5) is 27.1. The predicted octanol–water partition coefficient (Wildman–Crippen LogP) is 5.62. The molecule has 0 bridgehead atoms. The van der Waals surface area contributed by atoms with E-state index in [0.717, 1.165) is 59.1 Å². The van der Waals surface area contributed by atoms with Gasteiger partial charge in [-0.2, -0.15) is 8.42 Å². The zero-order valence-electron chi connectivity index (χ0n) is 27.0. The number of aliphatic carboxylic acids is 1. The lowest BCUT2D eigenvalue weighted by atomic mass is 9.81. The molecule has 16 heteroatoms. The van der Waals surface area contributed by atoms with Gasteiger partial charge in [-0.25, -0.2) is 19.8 Å². The Hall–Kier alpha value is -3.67. The minimum absolute atomic E-state index is 0.131. The second-order valence-electron chi connectivity index (χ2n) is 12.2. The first kappa shape index (κ1) is 36.2. The third-order valence-electron chi connectivity index (χ3n) is 8.25. The van der Waals surface area contributed by atoms with Crippen LogP contribution in [-0.2, 0) is 41.7 Å². The van der Waals surface area contributed by atoms with Crippen molar-refractivity contribution in [1.82, 2.24) is 4.98 Å². The molecule has 0 saturated heterocycles. The Bertz CT molecular complexity index is 1720. The first-order valence-electron chi connectivity index (χ1n) is 15.1. The molecule has 0 aromatic carbocycles. The van der Waals surface area contributed by atoms with E-state index in [2.05, 4.69) is 57.3 Å². The molecule has 0 radical (unpaired) electrons. The van der Waals surface area contributed by atoms with E-state index in [1.165, 1.54) is 5.55 Å². The summed E-state index contributed by atoms with van der Waals surface area (Å²) in [6.07, 6.45) is 11.7. The van der Waals surface area contributed by atoms with Crippen molar-refractivity contribution in [3.05, 3.63) is 59.6 Å². The zero-order valence-corrected chi connectivity index (χ0v) is 28.6. The van der Waals surface area contributed by atoms with Gasteiger partial charge in [-0.3, -0.25) is 9.35 Å². The van der Waals surface area contributed by atoms with Gasteiger partial charge in [0.05, 0.1) is 47.0 Å². The molecule has 0 aliphatic carbocycles. The van der Waals surface area contributed by atoms with Crippen LogP contribution in [0.3, 0.4) is 0 Å². The number of carboxylic acid groups (broad SMARTS) is 1. The van der Waals surface area contributed by atoms with Gasteiger partial charge in [-0.15, -0.1) is 4.33 Å². The molecule has 0 fully saturated rings. The van der Waals surface area contributed by atoms with Crippen LogP contribution in [0.15, 0.2) is 58.4 Å². The highest BCUT2D eigenvalue weighted by Gasteiger charge is 2.43. The lowest BCUT2D eigenvalue weighted by molar-refractivity contribution is -0.684. The van der Waals surface area contributed by atoms with Crippen LogP contribution in [0.5, 0.6) is 0 Å². The highest BCUT2D eigenvalue weighted by Crippen LogP contribution is 2.47. The molecule has 14 nitrogen and oxygen atoms in total. The molecular formula is C31H41N6O8S2+. The van der Waals surface area contributed by atoms with Gasteiger partial charge in [0, 0.05) is 29.6 Å². The molecule has 2 aromatic rings. The number of aliphatic imine (C=N–C) groups is 2. The summed E-state index contributed by atoms with van der Waals surface area (Å²) in [5.74, 6) is 0.175. The number of hydrogen-bond acceptors (Lipinski definition) is 12. The highest BCUT2D eigenvalue weighted by molar-refractivity contribution is 8.07. The van der Waals surface area contributed by atoms with Crippen LogP contribution in [0.1, 0.15) is 71.4 Å². The summed E-state index contributed by atoms with van der Waals surface area (Å²) in [6, 6.07) is 3.83. The largest absolute Gasteiger partial charge is 0.481 e. The molecule has 2 aliphatic rings. The van der Waals surface area contributed by atoms with Gasteiger partial charge < -0.3 is 15.3 Å². The molecule has 0 spiro atoms. The Balaban J connectivity index is 1.62. The second kappa shape index (κ2) is 15.0. The van der Waals surface area contributed by atoms with E-state index >= 15 is 0 Å². The average molecular weight is 690 g/mol. The maximum absolute atomic E-state index is 11.2. The first-order chi connectivity index (χ1) is 22.2. The Kier molecular flexibility index (Phi) is 11.6. The van der Waals surface area contributed by atoms with E-state index in [-0.39, 0.29) is 6.42 Å². The number of pyridine rings is 2. The van der Waals surface area contributed by atoms with Crippen molar-refractivity contribution < 1.29 is 42.1 Å². The van der Waals surface area contributed by atoms with E-state index in [4.69, 9.17) is 19.9 Å². The number of carboxylic acids is 1. The summed E-state index contributed by atoms with van der Waals surface area (Å²) in [5.41, 5.74) is 5.40. The van der Waals surface area contributed by atoms with E-state index in [9.17, 15) is 13.2 Å². The summed E-state index contributed by atoms with van der Waals surface area (Å²) in [7, 11) is -4.19. The molecule has 2 aliphatic heterocycles. The van der Waals surface area contributed by atoms with Gasteiger partial charge >= 0.3 is 11.8 Å². The van der Waals surface area contributed by atoms with Crippen molar-refractivity contribution in [3.8, 4) is 0 Å². The van der Waals surface area contributed by atoms with Gasteiger partial charge in [0.25, 0.3) is 10.1 Å². The Morgan fingerprint density at radius 3 is 2.62 bits per heavy atom. The Labute approximate surface area is 278 Å². The molecule has 0 amide bonds. The van der Waals surface area contributed by atoms with Gasteiger partial charge in [-0.05, 0) is 69.3 Å². The minimum atomic E-state index is -4.19. The number of allylic oxidation sites excluding steroid dienone is 4. The number of aryl methyl sites for hydroxylation is 1. The summed E-state index contributed by atoms with van der Waals surface area (Å²) < 4.78 is 38.1. The molecule has 4 heterocycles. The molecule has 0 atom stereocenters. The third-order valence-corrected chi connectivity index (χ3v) is 9.09. The van der Waals surface area contributed by atoms with Gasteiger partial charge in [0.1, 0.15) is 23.6 Å². The number of anilines is 2. The lowest BCUT2D eigenvalue weighted by Gasteiger charge is -2.25. The maximum atomic E-state index is 11.2. The van der Waals surface area contributed by atoms with Crippen LogP contribution in [0.25, 0.3) is 0 Å². The monoisotopic (exact) mass is 689 g/mol. The molecule has 0 unspecified atom stereocenters. The van der Waals surface area contributed by atoms with E-state index in [1.807, 2.05) is 48.0 Å². The summed E-state index contributed by atoms with van der Waals surface area (Å²) in [5, 5.41) is 23.7. The number of fused-ring (bicyclic) bond motifs is 2. The number of nitrogens with one attached hydrogen (secondary N) is 1. The summed E-state index contributed by atoms with van der Waals surface area (Å²) >= 11 is 0.718. The van der Waals surface area contributed by atoms with Crippen LogP contribution in [0, 0.1) is 0 Å². The fourth-order valence-corrected chi connectivity index (χ4v) is 6.37. The SMILES string of the molecule is CCN1/C(=C/C=C/C2=Nc3c(cc(N=CSOOO)c[n+]3CCCCCC(=O)O)C2(C)C)C(C)(C)c2cc(NCS(=O)(=O)O)cnc21. The van der Waals surface area contributed by atoms with Crippen molar-refractivity contribution >= 4 is 62.4 Å².